The summed E-state index contributed by atoms with van der Waals surface area (Å²) in [5.74, 6) is 0.930. The minimum Gasteiger partial charge on any atom is -0.464 e. The van der Waals surface area contributed by atoms with E-state index in [4.69, 9.17) is 4.74 Å². The highest BCUT2D eigenvalue weighted by atomic mass is 16.5. The highest BCUT2D eigenvalue weighted by Crippen LogP contribution is 2.30. The molecule has 1 fully saturated rings. The van der Waals surface area contributed by atoms with E-state index in [2.05, 4.69) is 60.5 Å². The van der Waals surface area contributed by atoms with Gasteiger partial charge in [-0.3, -0.25) is 0 Å². The van der Waals surface area contributed by atoms with E-state index in [1.165, 1.54) is 16.5 Å². The normalized spacial score (nSPS) is 16.8. The largest absolute Gasteiger partial charge is 0.464 e. The summed E-state index contributed by atoms with van der Waals surface area (Å²) in [7, 11) is 0. The molecular formula is C20H22N2O. The average molecular weight is 306 g/mol. The van der Waals surface area contributed by atoms with Crippen LogP contribution in [0.25, 0.3) is 12.0 Å². The third kappa shape index (κ3) is 2.62. The van der Waals surface area contributed by atoms with Crippen molar-refractivity contribution >= 4 is 12.0 Å². The fraction of sp³-hybridized carbons (Fsp3) is 0.300. The number of ether oxygens (including phenoxy) is 1. The van der Waals surface area contributed by atoms with E-state index >= 15 is 0 Å². The SMILES string of the molecule is CC(C)NC1CN(C2=c3ccccc3=COc3ccccc32)C1. The molecule has 0 saturated carbocycles. The lowest BCUT2D eigenvalue weighted by Crippen LogP contribution is -2.59. The van der Waals surface area contributed by atoms with Crippen molar-refractivity contribution in [2.45, 2.75) is 25.9 Å². The lowest BCUT2D eigenvalue weighted by Gasteiger charge is -2.44. The summed E-state index contributed by atoms with van der Waals surface area (Å²) in [5.41, 5.74) is 2.46. The molecule has 1 saturated heterocycles. The number of nitrogens with one attached hydrogen (secondary N) is 1. The molecule has 2 aromatic carbocycles. The van der Waals surface area contributed by atoms with Crippen LogP contribution in [-0.4, -0.2) is 30.1 Å². The van der Waals surface area contributed by atoms with E-state index in [0.717, 1.165) is 24.1 Å². The van der Waals surface area contributed by atoms with Gasteiger partial charge in [0.15, 0.2) is 0 Å². The second-order valence-corrected chi connectivity index (χ2v) is 6.59. The fourth-order valence-corrected chi connectivity index (χ4v) is 3.43. The third-order valence-corrected chi connectivity index (χ3v) is 4.44. The highest BCUT2D eigenvalue weighted by Gasteiger charge is 2.31. The third-order valence-electron chi connectivity index (χ3n) is 4.44. The van der Waals surface area contributed by atoms with Crippen LogP contribution in [0.2, 0.25) is 0 Å². The van der Waals surface area contributed by atoms with Crippen LogP contribution in [0.1, 0.15) is 19.4 Å². The van der Waals surface area contributed by atoms with Gasteiger partial charge in [0.25, 0.3) is 0 Å². The summed E-state index contributed by atoms with van der Waals surface area (Å²) < 4.78 is 5.93. The molecule has 2 aromatic rings. The Morgan fingerprint density at radius 1 is 1.04 bits per heavy atom. The smallest absolute Gasteiger partial charge is 0.135 e. The molecule has 2 aliphatic rings. The molecule has 0 unspecified atom stereocenters. The first-order valence-electron chi connectivity index (χ1n) is 8.29. The van der Waals surface area contributed by atoms with Crippen molar-refractivity contribution in [2.75, 3.05) is 13.1 Å². The Morgan fingerprint density at radius 2 is 1.78 bits per heavy atom. The van der Waals surface area contributed by atoms with Crippen LogP contribution in [0, 0.1) is 0 Å². The molecule has 23 heavy (non-hydrogen) atoms. The summed E-state index contributed by atoms with van der Waals surface area (Å²) in [4.78, 5) is 2.46. The average Bonchev–Trinajstić information content (AvgIpc) is 2.67. The van der Waals surface area contributed by atoms with Crippen LogP contribution >= 0.6 is 0 Å². The van der Waals surface area contributed by atoms with Gasteiger partial charge in [-0.05, 0) is 12.1 Å². The first-order chi connectivity index (χ1) is 11.2. The number of hydrogen-bond acceptors (Lipinski definition) is 3. The maximum Gasteiger partial charge on any atom is 0.135 e. The van der Waals surface area contributed by atoms with Gasteiger partial charge < -0.3 is 15.0 Å². The molecule has 4 rings (SSSR count). The molecule has 3 nitrogen and oxygen atoms in total. The molecule has 0 radical (unpaired) electrons. The minimum atomic E-state index is 0.525. The van der Waals surface area contributed by atoms with E-state index in [1.807, 2.05) is 18.4 Å². The van der Waals surface area contributed by atoms with Crippen molar-refractivity contribution in [3.8, 4) is 5.75 Å². The van der Waals surface area contributed by atoms with E-state index in [9.17, 15) is 0 Å². The lowest BCUT2D eigenvalue weighted by molar-refractivity contribution is 0.192. The Kier molecular flexibility index (Phi) is 3.58. The van der Waals surface area contributed by atoms with Crippen molar-refractivity contribution < 1.29 is 4.74 Å². The second kappa shape index (κ2) is 5.74. The zero-order chi connectivity index (χ0) is 15.8. The summed E-state index contributed by atoms with van der Waals surface area (Å²) in [6, 6.07) is 17.9. The van der Waals surface area contributed by atoms with E-state index in [1.54, 1.807) is 0 Å². The Hall–Kier alpha value is -2.26. The number of fused-ring (bicyclic) bond motifs is 2. The van der Waals surface area contributed by atoms with Gasteiger partial charge in [0.2, 0.25) is 0 Å². The standard InChI is InChI=1S/C20H22N2O/c1-14(2)21-16-11-22(12-16)20-17-8-4-3-7-15(17)13-23-19-10-6-5-9-18(19)20/h3-10,13-14,16,21H,11-12H2,1-2H3. The monoisotopic (exact) mass is 306 g/mol. The Morgan fingerprint density at radius 3 is 2.61 bits per heavy atom. The quantitative estimate of drug-likeness (QED) is 0.933. The predicted octanol–water partition coefficient (Wildman–Crippen LogP) is 1.66. The molecule has 2 heterocycles. The fourth-order valence-electron chi connectivity index (χ4n) is 3.43. The van der Waals surface area contributed by atoms with Gasteiger partial charge in [-0.15, -0.1) is 0 Å². The topological polar surface area (TPSA) is 24.5 Å². The van der Waals surface area contributed by atoms with Gasteiger partial charge in [0, 0.05) is 41.2 Å². The van der Waals surface area contributed by atoms with Gasteiger partial charge in [-0.25, -0.2) is 0 Å². The zero-order valence-corrected chi connectivity index (χ0v) is 13.6. The van der Waals surface area contributed by atoms with Crippen LogP contribution in [0.5, 0.6) is 5.75 Å². The number of nitrogens with zero attached hydrogens (tertiary/aromatic N) is 1. The number of rotatable bonds is 3. The molecular weight excluding hydrogens is 284 g/mol. The second-order valence-electron chi connectivity index (χ2n) is 6.59. The van der Waals surface area contributed by atoms with E-state index < -0.39 is 0 Å². The molecule has 0 amide bonds. The van der Waals surface area contributed by atoms with Crippen LogP contribution in [0.4, 0.5) is 0 Å². The van der Waals surface area contributed by atoms with Gasteiger partial charge in [-0.2, -0.15) is 0 Å². The molecule has 3 heteroatoms. The van der Waals surface area contributed by atoms with Gasteiger partial charge in [-0.1, -0.05) is 50.2 Å². The molecule has 1 N–H and O–H groups in total. The van der Waals surface area contributed by atoms with Crippen LogP contribution in [0.15, 0.2) is 48.5 Å². The van der Waals surface area contributed by atoms with Crippen LogP contribution in [-0.2, 0) is 0 Å². The Balaban J connectivity index is 1.80. The van der Waals surface area contributed by atoms with Crippen molar-refractivity contribution in [1.29, 1.82) is 0 Å². The molecule has 0 spiro atoms. The van der Waals surface area contributed by atoms with Crippen LogP contribution in [0.3, 0.4) is 0 Å². The predicted molar refractivity (Wildman–Crippen MR) is 93.4 cm³/mol. The Labute approximate surface area is 136 Å². The van der Waals surface area contributed by atoms with Crippen molar-refractivity contribution in [2.24, 2.45) is 0 Å². The number of benzene rings is 2. The number of para-hydroxylation sites is 1. The van der Waals surface area contributed by atoms with E-state index in [0.29, 0.717) is 12.1 Å². The summed E-state index contributed by atoms with van der Waals surface area (Å²) in [5, 5.41) is 6.01. The maximum absolute atomic E-state index is 5.93. The summed E-state index contributed by atoms with van der Waals surface area (Å²) in [6.45, 7) is 6.48. The zero-order valence-electron chi connectivity index (χ0n) is 13.6. The summed E-state index contributed by atoms with van der Waals surface area (Å²) in [6.07, 6.45) is 1.87. The van der Waals surface area contributed by atoms with Crippen LogP contribution < -0.4 is 20.5 Å². The number of hydrogen-bond donors (Lipinski definition) is 1. The van der Waals surface area contributed by atoms with Gasteiger partial charge in [0.05, 0.1) is 12.0 Å². The number of likely N-dealkylation sites (tertiary alicyclic amines) is 1. The molecule has 0 bridgehead atoms. The van der Waals surface area contributed by atoms with Gasteiger partial charge in [0.1, 0.15) is 5.75 Å². The highest BCUT2D eigenvalue weighted by molar-refractivity contribution is 5.71. The molecule has 0 aliphatic carbocycles. The molecule has 0 atom stereocenters. The van der Waals surface area contributed by atoms with Crippen molar-refractivity contribution in [3.05, 3.63) is 64.5 Å². The molecule has 0 aromatic heterocycles. The minimum absolute atomic E-state index is 0.525. The summed E-state index contributed by atoms with van der Waals surface area (Å²) >= 11 is 0. The first-order valence-corrected chi connectivity index (χ1v) is 8.29. The molecule has 118 valence electrons. The lowest BCUT2D eigenvalue weighted by atomic mass is 10.00. The van der Waals surface area contributed by atoms with Gasteiger partial charge >= 0.3 is 0 Å². The first kappa shape index (κ1) is 14.3. The Bertz CT molecular complexity index is 835. The van der Waals surface area contributed by atoms with Crippen molar-refractivity contribution in [3.63, 3.8) is 0 Å². The van der Waals surface area contributed by atoms with Crippen molar-refractivity contribution in [1.82, 2.24) is 10.2 Å². The molecule has 2 aliphatic heterocycles. The maximum atomic E-state index is 5.93. The van der Waals surface area contributed by atoms with E-state index in [-0.39, 0.29) is 0 Å².